The Morgan fingerprint density at radius 3 is 1.57 bits per heavy atom. The summed E-state index contributed by atoms with van der Waals surface area (Å²) in [5, 5.41) is 7.40. The number of ether oxygens (including phenoxy) is 2. The molecule has 0 saturated heterocycles. The van der Waals surface area contributed by atoms with Gasteiger partial charge < -0.3 is 9.47 Å². The summed E-state index contributed by atoms with van der Waals surface area (Å²) in [6.07, 6.45) is 2.48. The molecule has 2 aromatic carbocycles. The van der Waals surface area contributed by atoms with E-state index in [9.17, 15) is 9.59 Å². The molecule has 2 aromatic rings. The molecule has 0 aliphatic heterocycles. The van der Waals surface area contributed by atoms with Gasteiger partial charge >= 0.3 is 0 Å². The van der Waals surface area contributed by atoms with Crippen LogP contribution in [0.5, 0.6) is 11.5 Å². The van der Waals surface area contributed by atoms with Gasteiger partial charge in [-0.05, 0) is 62.1 Å². The van der Waals surface area contributed by atoms with E-state index in [-0.39, 0.29) is 13.2 Å². The number of aryl methyl sites for hydroxylation is 4. The quantitative estimate of drug-likeness (QED) is 0.490. The number of hydrazone groups is 2. The van der Waals surface area contributed by atoms with Gasteiger partial charge in [-0.3, -0.25) is 9.59 Å². The molecule has 2 N–H and O–H groups in total. The first-order valence-electron chi connectivity index (χ1n) is 9.37. The zero-order chi connectivity index (χ0) is 21.9. The SMILES string of the molecule is Cc1ccc(C)c(OCC(=O)N/N=C\C=N/NC(=O)COc2cc(C)ccc2C)c1. The van der Waals surface area contributed by atoms with E-state index < -0.39 is 11.8 Å². The van der Waals surface area contributed by atoms with Crippen LogP contribution < -0.4 is 20.3 Å². The zero-order valence-electron chi connectivity index (χ0n) is 17.6. The Morgan fingerprint density at radius 2 is 1.17 bits per heavy atom. The summed E-state index contributed by atoms with van der Waals surface area (Å²) in [5.74, 6) is 0.487. The van der Waals surface area contributed by atoms with E-state index in [2.05, 4.69) is 21.1 Å². The second kappa shape index (κ2) is 11.4. The van der Waals surface area contributed by atoms with E-state index in [1.54, 1.807) is 0 Å². The Hall–Kier alpha value is -3.68. The van der Waals surface area contributed by atoms with Gasteiger partial charge in [0, 0.05) is 0 Å². The van der Waals surface area contributed by atoms with E-state index in [0.717, 1.165) is 22.3 Å². The highest BCUT2D eigenvalue weighted by atomic mass is 16.5. The molecule has 8 nitrogen and oxygen atoms in total. The summed E-state index contributed by atoms with van der Waals surface area (Å²) >= 11 is 0. The average molecular weight is 410 g/mol. The van der Waals surface area contributed by atoms with E-state index >= 15 is 0 Å². The predicted molar refractivity (Wildman–Crippen MR) is 116 cm³/mol. The van der Waals surface area contributed by atoms with Crippen molar-refractivity contribution in [1.29, 1.82) is 0 Å². The Morgan fingerprint density at radius 1 is 0.767 bits per heavy atom. The second-order valence-electron chi connectivity index (χ2n) is 6.74. The molecule has 0 heterocycles. The fourth-order valence-electron chi connectivity index (χ4n) is 2.36. The number of nitrogens with one attached hydrogen (secondary N) is 2. The molecule has 0 atom stereocenters. The van der Waals surface area contributed by atoms with E-state index in [0.29, 0.717) is 11.5 Å². The summed E-state index contributed by atoms with van der Waals surface area (Å²) in [4.78, 5) is 23.5. The van der Waals surface area contributed by atoms with Crippen LogP contribution in [-0.2, 0) is 9.59 Å². The summed E-state index contributed by atoms with van der Waals surface area (Å²) in [6.45, 7) is 7.39. The van der Waals surface area contributed by atoms with Crippen LogP contribution in [0.2, 0.25) is 0 Å². The third kappa shape index (κ3) is 7.75. The molecule has 2 amide bonds. The maximum atomic E-state index is 11.7. The maximum Gasteiger partial charge on any atom is 0.277 e. The maximum absolute atomic E-state index is 11.7. The zero-order valence-corrected chi connectivity index (χ0v) is 17.6. The molecule has 0 aliphatic carbocycles. The first-order chi connectivity index (χ1) is 14.3. The van der Waals surface area contributed by atoms with Gasteiger partial charge in [-0.25, -0.2) is 10.9 Å². The van der Waals surface area contributed by atoms with Crippen molar-refractivity contribution < 1.29 is 19.1 Å². The molecule has 158 valence electrons. The van der Waals surface area contributed by atoms with Crippen LogP contribution >= 0.6 is 0 Å². The standard InChI is InChI=1S/C22H26N4O4/c1-15-5-7-17(3)19(11-15)29-13-21(27)25-23-9-10-24-26-22(28)14-30-20-12-16(2)6-8-18(20)4/h5-12H,13-14H2,1-4H3,(H,25,27)(H,26,28)/b23-9-,24-10-. The average Bonchev–Trinajstić information content (AvgIpc) is 2.71. The molecule has 0 aromatic heterocycles. The van der Waals surface area contributed by atoms with Crippen molar-refractivity contribution >= 4 is 24.2 Å². The summed E-state index contributed by atoms with van der Waals surface area (Å²) in [5.41, 5.74) is 8.61. The topological polar surface area (TPSA) is 101 Å². The minimum atomic E-state index is -0.411. The highest BCUT2D eigenvalue weighted by molar-refractivity contribution is 6.16. The lowest BCUT2D eigenvalue weighted by molar-refractivity contribution is -0.123. The number of amides is 2. The predicted octanol–water partition coefficient (Wildman–Crippen LogP) is 2.58. The molecule has 0 radical (unpaired) electrons. The van der Waals surface area contributed by atoms with Gasteiger partial charge in [-0.1, -0.05) is 24.3 Å². The monoisotopic (exact) mass is 410 g/mol. The van der Waals surface area contributed by atoms with E-state index in [1.807, 2.05) is 64.1 Å². The molecule has 2 rings (SSSR count). The van der Waals surface area contributed by atoms with Crippen molar-refractivity contribution in [3.8, 4) is 11.5 Å². The van der Waals surface area contributed by atoms with Crippen molar-refractivity contribution in [3.05, 3.63) is 58.7 Å². The number of rotatable bonds is 9. The molecular weight excluding hydrogens is 384 g/mol. The van der Waals surface area contributed by atoms with E-state index in [4.69, 9.17) is 9.47 Å². The van der Waals surface area contributed by atoms with Crippen LogP contribution in [0.25, 0.3) is 0 Å². The number of carbonyl (C=O) groups is 2. The molecule has 0 spiro atoms. The lowest BCUT2D eigenvalue weighted by Gasteiger charge is -2.08. The third-order valence-corrected chi connectivity index (χ3v) is 4.00. The lowest BCUT2D eigenvalue weighted by atomic mass is 10.1. The van der Waals surface area contributed by atoms with Crippen molar-refractivity contribution in [3.63, 3.8) is 0 Å². The van der Waals surface area contributed by atoms with Gasteiger partial charge in [0.1, 0.15) is 11.5 Å². The van der Waals surface area contributed by atoms with Gasteiger partial charge in [0.15, 0.2) is 13.2 Å². The van der Waals surface area contributed by atoms with Crippen LogP contribution in [0, 0.1) is 27.7 Å². The van der Waals surface area contributed by atoms with Crippen LogP contribution in [-0.4, -0.2) is 37.5 Å². The highest BCUT2D eigenvalue weighted by Crippen LogP contribution is 2.19. The van der Waals surface area contributed by atoms with Gasteiger partial charge in [0.25, 0.3) is 11.8 Å². The molecule has 30 heavy (non-hydrogen) atoms. The first-order valence-corrected chi connectivity index (χ1v) is 9.37. The van der Waals surface area contributed by atoms with Crippen LogP contribution in [0.15, 0.2) is 46.6 Å². The lowest BCUT2D eigenvalue weighted by Crippen LogP contribution is -2.25. The Labute approximate surface area is 176 Å². The van der Waals surface area contributed by atoms with Gasteiger partial charge in [0.2, 0.25) is 0 Å². The largest absolute Gasteiger partial charge is 0.483 e. The van der Waals surface area contributed by atoms with Crippen molar-refractivity contribution in [1.82, 2.24) is 10.9 Å². The molecule has 0 unspecified atom stereocenters. The normalized spacial score (nSPS) is 10.9. The van der Waals surface area contributed by atoms with Gasteiger partial charge in [-0.15, -0.1) is 0 Å². The summed E-state index contributed by atoms with van der Waals surface area (Å²) in [7, 11) is 0. The molecule has 0 bridgehead atoms. The van der Waals surface area contributed by atoms with Crippen molar-refractivity contribution in [2.75, 3.05) is 13.2 Å². The third-order valence-electron chi connectivity index (χ3n) is 4.00. The molecule has 0 aliphatic rings. The fourth-order valence-corrected chi connectivity index (χ4v) is 2.36. The Bertz CT molecular complexity index is 877. The first kappa shape index (κ1) is 22.6. The number of hydrogen-bond acceptors (Lipinski definition) is 6. The Kier molecular flexibility index (Phi) is 8.56. The summed E-state index contributed by atoms with van der Waals surface area (Å²) in [6, 6.07) is 11.5. The fraction of sp³-hybridized carbons (Fsp3) is 0.273. The van der Waals surface area contributed by atoms with Crippen molar-refractivity contribution in [2.24, 2.45) is 10.2 Å². The second-order valence-corrected chi connectivity index (χ2v) is 6.74. The van der Waals surface area contributed by atoms with Crippen LogP contribution in [0.4, 0.5) is 0 Å². The molecule has 8 heteroatoms. The minimum Gasteiger partial charge on any atom is -0.483 e. The number of nitrogens with zero attached hydrogens (tertiary/aromatic N) is 2. The van der Waals surface area contributed by atoms with Gasteiger partial charge in [0.05, 0.1) is 12.4 Å². The van der Waals surface area contributed by atoms with E-state index in [1.165, 1.54) is 12.4 Å². The van der Waals surface area contributed by atoms with Crippen LogP contribution in [0.3, 0.4) is 0 Å². The molecule has 0 fully saturated rings. The highest BCUT2D eigenvalue weighted by Gasteiger charge is 2.05. The number of carbonyl (C=O) groups excluding carboxylic acids is 2. The summed E-state index contributed by atoms with van der Waals surface area (Å²) < 4.78 is 11.0. The molecule has 0 saturated carbocycles. The van der Waals surface area contributed by atoms with Crippen molar-refractivity contribution in [2.45, 2.75) is 27.7 Å². The molecular formula is C22H26N4O4. The Balaban J connectivity index is 1.66. The minimum absolute atomic E-state index is 0.161. The van der Waals surface area contributed by atoms with Crippen LogP contribution in [0.1, 0.15) is 22.3 Å². The van der Waals surface area contributed by atoms with Gasteiger partial charge in [-0.2, -0.15) is 10.2 Å². The smallest absolute Gasteiger partial charge is 0.277 e. The number of hydrogen-bond donors (Lipinski definition) is 2. The number of benzene rings is 2.